The smallest absolute Gasteiger partial charge is 0.258 e. The highest BCUT2D eigenvalue weighted by atomic mass is 35.5. The van der Waals surface area contributed by atoms with Crippen LogP contribution in [0.25, 0.3) is 11.3 Å². The molecule has 0 atom stereocenters. The van der Waals surface area contributed by atoms with Crippen LogP contribution in [0.2, 0.25) is 5.02 Å². The van der Waals surface area contributed by atoms with Gasteiger partial charge in [-0.3, -0.25) is 4.79 Å². The average Bonchev–Trinajstić information content (AvgIpc) is 2.94. The van der Waals surface area contributed by atoms with E-state index in [1.807, 2.05) is 26.0 Å². The first-order chi connectivity index (χ1) is 11.0. The molecule has 0 unspecified atom stereocenters. The van der Waals surface area contributed by atoms with Gasteiger partial charge in [-0.1, -0.05) is 54.7 Å². The predicted molar refractivity (Wildman–Crippen MR) is 91.3 cm³/mol. The zero-order valence-corrected chi connectivity index (χ0v) is 14.2. The Morgan fingerprint density at radius 1 is 1.39 bits per heavy atom. The van der Waals surface area contributed by atoms with Crippen LogP contribution in [0.3, 0.4) is 0 Å². The fourth-order valence-corrected chi connectivity index (χ4v) is 2.65. The molecule has 2 rings (SSSR count). The summed E-state index contributed by atoms with van der Waals surface area (Å²) >= 11 is 6.21. The van der Waals surface area contributed by atoms with Gasteiger partial charge >= 0.3 is 0 Å². The molecular weight excluding hydrogens is 312 g/mol. The van der Waals surface area contributed by atoms with Crippen LogP contribution in [-0.2, 0) is 0 Å². The summed E-state index contributed by atoms with van der Waals surface area (Å²) in [6.07, 6.45) is 6.89. The number of aromatic nitrogens is 1. The van der Waals surface area contributed by atoms with Crippen molar-refractivity contribution in [3.63, 3.8) is 0 Å². The number of nitrogens with zero attached hydrogens (tertiary/aromatic N) is 1. The second-order valence-corrected chi connectivity index (χ2v) is 5.74. The number of carbonyl (C=O) groups is 1. The highest BCUT2D eigenvalue weighted by Gasteiger charge is 2.30. The second kappa shape index (κ2) is 6.89. The van der Waals surface area contributed by atoms with Crippen molar-refractivity contribution < 1.29 is 9.32 Å². The lowest BCUT2D eigenvalue weighted by Crippen LogP contribution is -2.46. The molecular formula is C18H19ClN2O2. The molecule has 1 aromatic heterocycles. The quantitative estimate of drug-likeness (QED) is 0.835. The lowest BCUT2D eigenvalue weighted by atomic mass is 9.93. The molecule has 5 heteroatoms. The highest BCUT2D eigenvalue weighted by Crippen LogP contribution is 2.31. The number of aryl methyl sites for hydroxylation is 1. The number of carbonyl (C=O) groups excluding carboxylic acids is 1. The van der Waals surface area contributed by atoms with Crippen molar-refractivity contribution in [2.24, 2.45) is 0 Å². The largest absolute Gasteiger partial charge is 0.360 e. The maximum Gasteiger partial charge on any atom is 0.258 e. The minimum atomic E-state index is -0.682. The van der Waals surface area contributed by atoms with Crippen LogP contribution in [0.1, 0.15) is 42.8 Å². The first kappa shape index (κ1) is 17.1. The van der Waals surface area contributed by atoms with Gasteiger partial charge in [-0.05, 0) is 25.8 Å². The number of benzene rings is 1. The standard InChI is InChI=1S/C18H19ClN2O2/c1-5-18(6-2,7-3)20-17(22)15-12(4)23-21-16(15)13-10-8-9-11-14(13)19/h1,8-11H,6-7H2,2-4H3,(H,20,22). The first-order valence-corrected chi connectivity index (χ1v) is 7.87. The summed E-state index contributed by atoms with van der Waals surface area (Å²) in [5.74, 6) is 2.81. The molecule has 0 aliphatic rings. The predicted octanol–water partition coefficient (Wildman–Crippen LogP) is 4.23. The molecule has 0 saturated carbocycles. The van der Waals surface area contributed by atoms with Gasteiger partial charge in [-0.15, -0.1) is 6.42 Å². The van der Waals surface area contributed by atoms with Gasteiger partial charge in [0, 0.05) is 5.56 Å². The van der Waals surface area contributed by atoms with Crippen LogP contribution in [-0.4, -0.2) is 16.6 Å². The maximum atomic E-state index is 12.8. The van der Waals surface area contributed by atoms with Crippen molar-refractivity contribution in [3.8, 4) is 23.6 Å². The number of hydrogen-bond acceptors (Lipinski definition) is 3. The molecule has 4 nitrogen and oxygen atoms in total. The molecule has 2 aromatic rings. The Bertz CT molecular complexity index is 755. The summed E-state index contributed by atoms with van der Waals surface area (Å²) < 4.78 is 5.22. The number of halogens is 1. The van der Waals surface area contributed by atoms with E-state index in [1.165, 1.54) is 0 Å². The van der Waals surface area contributed by atoms with Crippen molar-refractivity contribution in [1.29, 1.82) is 0 Å². The first-order valence-electron chi connectivity index (χ1n) is 7.49. The van der Waals surface area contributed by atoms with Crippen molar-refractivity contribution in [1.82, 2.24) is 10.5 Å². The van der Waals surface area contributed by atoms with Crippen molar-refractivity contribution in [2.75, 3.05) is 0 Å². The molecule has 0 bridgehead atoms. The average molecular weight is 331 g/mol. The molecule has 0 spiro atoms. The van der Waals surface area contributed by atoms with Crippen molar-refractivity contribution in [3.05, 3.63) is 40.6 Å². The maximum absolute atomic E-state index is 12.8. The Morgan fingerprint density at radius 2 is 2.04 bits per heavy atom. The summed E-state index contributed by atoms with van der Waals surface area (Å²) in [4.78, 5) is 12.8. The van der Waals surface area contributed by atoms with E-state index in [-0.39, 0.29) is 5.91 Å². The van der Waals surface area contributed by atoms with E-state index in [1.54, 1.807) is 19.1 Å². The third kappa shape index (κ3) is 3.25. The van der Waals surface area contributed by atoms with Gasteiger partial charge < -0.3 is 9.84 Å². The Labute approximate surface area is 141 Å². The minimum absolute atomic E-state index is 0.305. The molecule has 120 valence electrons. The van der Waals surface area contributed by atoms with Gasteiger partial charge in [-0.2, -0.15) is 0 Å². The topological polar surface area (TPSA) is 55.1 Å². The third-order valence-corrected chi connectivity index (χ3v) is 4.38. The third-order valence-electron chi connectivity index (χ3n) is 4.05. The van der Waals surface area contributed by atoms with Gasteiger partial charge in [0.1, 0.15) is 22.6 Å². The van der Waals surface area contributed by atoms with Crippen LogP contribution >= 0.6 is 11.6 Å². The van der Waals surface area contributed by atoms with Crippen LogP contribution in [0.15, 0.2) is 28.8 Å². The van der Waals surface area contributed by atoms with E-state index >= 15 is 0 Å². The van der Waals surface area contributed by atoms with Crippen LogP contribution in [0.5, 0.6) is 0 Å². The van der Waals surface area contributed by atoms with Crippen LogP contribution in [0.4, 0.5) is 0 Å². The molecule has 0 aliphatic heterocycles. The monoisotopic (exact) mass is 330 g/mol. The molecule has 0 saturated heterocycles. The summed E-state index contributed by atoms with van der Waals surface area (Å²) in [5.41, 5.74) is 0.747. The van der Waals surface area contributed by atoms with E-state index in [0.717, 1.165) is 0 Å². The van der Waals surface area contributed by atoms with E-state index in [0.29, 0.717) is 40.4 Å². The molecule has 0 fully saturated rings. The fraction of sp³-hybridized carbons (Fsp3) is 0.333. The number of amides is 1. The molecule has 1 N–H and O–H groups in total. The summed E-state index contributed by atoms with van der Waals surface area (Å²) in [6.45, 7) is 5.58. The number of terminal acetylenes is 1. The zero-order chi connectivity index (χ0) is 17.0. The fourth-order valence-electron chi connectivity index (χ4n) is 2.42. The normalized spacial score (nSPS) is 11.1. The lowest BCUT2D eigenvalue weighted by molar-refractivity contribution is 0.0915. The molecule has 0 aliphatic carbocycles. The van der Waals surface area contributed by atoms with E-state index in [9.17, 15) is 4.79 Å². The Balaban J connectivity index is 2.46. The Kier molecular flexibility index (Phi) is 5.12. The summed E-state index contributed by atoms with van der Waals surface area (Å²) in [7, 11) is 0. The van der Waals surface area contributed by atoms with Gasteiger partial charge in [0.25, 0.3) is 5.91 Å². The zero-order valence-electron chi connectivity index (χ0n) is 13.4. The molecule has 1 heterocycles. The van der Waals surface area contributed by atoms with E-state index in [4.69, 9.17) is 22.5 Å². The second-order valence-electron chi connectivity index (χ2n) is 5.33. The molecule has 23 heavy (non-hydrogen) atoms. The molecule has 1 amide bonds. The molecule has 0 radical (unpaired) electrons. The molecule has 1 aromatic carbocycles. The highest BCUT2D eigenvalue weighted by molar-refractivity contribution is 6.33. The number of hydrogen-bond donors (Lipinski definition) is 1. The van der Waals surface area contributed by atoms with Crippen molar-refractivity contribution in [2.45, 2.75) is 39.2 Å². The van der Waals surface area contributed by atoms with Gasteiger partial charge in [0.15, 0.2) is 0 Å². The van der Waals surface area contributed by atoms with E-state index in [2.05, 4.69) is 16.4 Å². The van der Waals surface area contributed by atoms with Gasteiger partial charge in [0.05, 0.1) is 5.02 Å². The number of rotatable bonds is 5. The van der Waals surface area contributed by atoms with Gasteiger partial charge in [-0.25, -0.2) is 0 Å². The number of nitrogens with one attached hydrogen (secondary N) is 1. The minimum Gasteiger partial charge on any atom is -0.360 e. The van der Waals surface area contributed by atoms with E-state index < -0.39 is 5.54 Å². The Hall–Kier alpha value is -2.25. The Morgan fingerprint density at radius 3 is 2.61 bits per heavy atom. The lowest BCUT2D eigenvalue weighted by Gasteiger charge is -2.27. The van der Waals surface area contributed by atoms with Crippen molar-refractivity contribution >= 4 is 17.5 Å². The van der Waals surface area contributed by atoms with Crippen LogP contribution in [0, 0.1) is 19.3 Å². The summed E-state index contributed by atoms with van der Waals surface area (Å²) in [6, 6.07) is 7.18. The van der Waals surface area contributed by atoms with Gasteiger partial charge in [0.2, 0.25) is 0 Å². The summed E-state index contributed by atoms with van der Waals surface area (Å²) in [5, 5.41) is 7.44. The van der Waals surface area contributed by atoms with Crippen LogP contribution < -0.4 is 5.32 Å². The SMILES string of the molecule is C#CC(CC)(CC)NC(=O)c1c(-c2ccccc2Cl)noc1C.